The molecule has 3 nitrogen and oxygen atoms in total. The standard InChI is InChI=1S/C19H26N2OS/c1-2-22-16-19(8-7-18-6-4-12-23-18)9-11-21(15-19)14-17-5-3-10-20-13-17/h3-6,10,12-13H,2,7-9,11,14-16H2,1H3/t19-/m0/s1. The summed E-state index contributed by atoms with van der Waals surface area (Å²) in [5.41, 5.74) is 1.61. The van der Waals surface area contributed by atoms with Crippen molar-refractivity contribution in [3.8, 4) is 0 Å². The third-order valence-electron chi connectivity index (χ3n) is 4.74. The molecule has 0 aliphatic carbocycles. The average molecular weight is 330 g/mol. The van der Waals surface area contributed by atoms with E-state index in [4.69, 9.17) is 4.74 Å². The fourth-order valence-electron chi connectivity index (χ4n) is 3.47. The third-order valence-corrected chi connectivity index (χ3v) is 5.68. The summed E-state index contributed by atoms with van der Waals surface area (Å²) in [5, 5.41) is 2.17. The Hall–Kier alpha value is -1.23. The molecule has 0 radical (unpaired) electrons. The largest absolute Gasteiger partial charge is 0.381 e. The van der Waals surface area contributed by atoms with Gasteiger partial charge in [0.1, 0.15) is 0 Å². The van der Waals surface area contributed by atoms with Crippen LogP contribution in [0.15, 0.2) is 42.0 Å². The lowest BCUT2D eigenvalue weighted by Crippen LogP contribution is -2.32. The number of aromatic nitrogens is 1. The number of ether oxygens (including phenoxy) is 1. The van der Waals surface area contributed by atoms with Crippen molar-refractivity contribution in [2.24, 2.45) is 5.41 Å². The Morgan fingerprint density at radius 3 is 3.04 bits per heavy atom. The molecule has 2 aromatic heterocycles. The molecule has 124 valence electrons. The molecule has 0 saturated carbocycles. The molecule has 1 aliphatic rings. The number of hydrogen-bond acceptors (Lipinski definition) is 4. The molecule has 4 heteroatoms. The maximum atomic E-state index is 5.85. The first-order valence-corrected chi connectivity index (χ1v) is 9.39. The Morgan fingerprint density at radius 2 is 2.30 bits per heavy atom. The fourth-order valence-corrected chi connectivity index (χ4v) is 4.18. The maximum absolute atomic E-state index is 5.85. The molecule has 0 spiro atoms. The minimum atomic E-state index is 0.308. The monoisotopic (exact) mass is 330 g/mol. The van der Waals surface area contributed by atoms with E-state index in [1.165, 1.54) is 29.7 Å². The smallest absolute Gasteiger partial charge is 0.0535 e. The van der Waals surface area contributed by atoms with Gasteiger partial charge in [-0.2, -0.15) is 0 Å². The highest BCUT2D eigenvalue weighted by molar-refractivity contribution is 7.09. The lowest BCUT2D eigenvalue weighted by molar-refractivity contribution is 0.0490. The molecule has 0 aromatic carbocycles. The second kappa shape index (κ2) is 8.04. The van der Waals surface area contributed by atoms with Gasteiger partial charge < -0.3 is 4.74 Å². The van der Waals surface area contributed by atoms with Gasteiger partial charge in [0.2, 0.25) is 0 Å². The number of hydrogen-bond donors (Lipinski definition) is 0. The zero-order valence-corrected chi connectivity index (χ0v) is 14.7. The Kier molecular flexibility index (Phi) is 5.81. The molecule has 23 heavy (non-hydrogen) atoms. The topological polar surface area (TPSA) is 25.4 Å². The predicted octanol–water partition coefficient (Wildman–Crippen LogP) is 4.00. The maximum Gasteiger partial charge on any atom is 0.0535 e. The van der Waals surface area contributed by atoms with Crippen molar-refractivity contribution in [2.45, 2.75) is 32.7 Å². The first-order valence-electron chi connectivity index (χ1n) is 8.51. The Balaban J connectivity index is 1.60. The van der Waals surface area contributed by atoms with Gasteiger partial charge in [-0.15, -0.1) is 11.3 Å². The molecule has 0 unspecified atom stereocenters. The van der Waals surface area contributed by atoms with Crippen molar-refractivity contribution in [2.75, 3.05) is 26.3 Å². The van der Waals surface area contributed by atoms with Gasteiger partial charge in [-0.3, -0.25) is 9.88 Å². The Morgan fingerprint density at radius 1 is 1.35 bits per heavy atom. The molecule has 0 bridgehead atoms. The van der Waals surface area contributed by atoms with Crippen molar-refractivity contribution in [3.63, 3.8) is 0 Å². The van der Waals surface area contributed by atoms with E-state index in [-0.39, 0.29) is 0 Å². The van der Waals surface area contributed by atoms with Gasteiger partial charge >= 0.3 is 0 Å². The molecule has 3 rings (SSSR count). The summed E-state index contributed by atoms with van der Waals surface area (Å²) in [6.45, 7) is 7.08. The highest BCUT2D eigenvalue weighted by Gasteiger charge is 2.37. The lowest BCUT2D eigenvalue weighted by Gasteiger charge is -2.29. The van der Waals surface area contributed by atoms with E-state index in [1.54, 1.807) is 0 Å². The van der Waals surface area contributed by atoms with E-state index in [0.29, 0.717) is 5.41 Å². The SMILES string of the molecule is CCOC[C@@]1(CCc2cccs2)CCN(Cc2cccnc2)C1. The third kappa shape index (κ3) is 4.63. The molecule has 1 saturated heterocycles. The second-order valence-electron chi connectivity index (χ2n) is 6.54. The van der Waals surface area contributed by atoms with E-state index in [9.17, 15) is 0 Å². The summed E-state index contributed by atoms with van der Waals surface area (Å²) in [6, 6.07) is 8.59. The number of thiophene rings is 1. The molecule has 3 heterocycles. The number of rotatable bonds is 8. The van der Waals surface area contributed by atoms with Gasteiger partial charge in [-0.25, -0.2) is 0 Å². The van der Waals surface area contributed by atoms with Gasteiger partial charge in [0.05, 0.1) is 6.61 Å². The highest BCUT2D eigenvalue weighted by Crippen LogP contribution is 2.36. The molecule has 0 amide bonds. The van der Waals surface area contributed by atoms with E-state index < -0.39 is 0 Å². The van der Waals surface area contributed by atoms with Crippen LogP contribution < -0.4 is 0 Å². The van der Waals surface area contributed by atoms with Gasteiger partial charge in [0.15, 0.2) is 0 Å². The van der Waals surface area contributed by atoms with Crippen LogP contribution in [0.3, 0.4) is 0 Å². The Labute approximate surface area is 143 Å². The van der Waals surface area contributed by atoms with Crippen LogP contribution in [-0.4, -0.2) is 36.2 Å². The number of aryl methyl sites for hydroxylation is 1. The summed E-state index contributed by atoms with van der Waals surface area (Å²) in [6.07, 6.45) is 7.45. The van der Waals surface area contributed by atoms with Crippen LogP contribution in [0.1, 0.15) is 30.2 Å². The summed E-state index contributed by atoms with van der Waals surface area (Å²) < 4.78 is 5.85. The number of pyridine rings is 1. The van der Waals surface area contributed by atoms with Crippen molar-refractivity contribution < 1.29 is 4.74 Å². The minimum absolute atomic E-state index is 0.308. The summed E-state index contributed by atoms with van der Waals surface area (Å²) >= 11 is 1.87. The summed E-state index contributed by atoms with van der Waals surface area (Å²) in [5.74, 6) is 0. The molecule has 1 aliphatic heterocycles. The van der Waals surface area contributed by atoms with Crippen molar-refractivity contribution in [3.05, 3.63) is 52.5 Å². The van der Waals surface area contributed by atoms with Crippen molar-refractivity contribution in [1.29, 1.82) is 0 Å². The second-order valence-corrected chi connectivity index (χ2v) is 7.57. The fraction of sp³-hybridized carbons (Fsp3) is 0.526. The van der Waals surface area contributed by atoms with Gasteiger partial charge in [-0.1, -0.05) is 12.1 Å². The molecule has 2 aromatic rings. The van der Waals surface area contributed by atoms with Crippen LogP contribution in [0.2, 0.25) is 0 Å². The molecular formula is C19H26N2OS. The molecule has 0 N–H and O–H groups in total. The predicted molar refractivity (Wildman–Crippen MR) is 95.7 cm³/mol. The van der Waals surface area contributed by atoms with Crippen molar-refractivity contribution >= 4 is 11.3 Å². The first-order chi connectivity index (χ1) is 11.3. The van der Waals surface area contributed by atoms with Crippen LogP contribution in [0.25, 0.3) is 0 Å². The normalized spacial score (nSPS) is 21.8. The molecular weight excluding hydrogens is 304 g/mol. The quantitative estimate of drug-likeness (QED) is 0.731. The average Bonchev–Trinajstić information content (AvgIpc) is 3.23. The molecule has 1 fully saturated rings. The Bertz CT molecular complexity index is 572. The van der Waals surface area contributed by atoms with Crippen LogP contribution in [0.5, 0.6) is 0 Å². The van der Waals surface area contributed by atoms with Crippen molar-refractivity contribution in [1.82, 2.24) is 9.88 Å². The van der Waals surface area contributed by atoms with Crippen LogP contribution in [0, 0.1) is 5.41 Å². The highest BCUT2D eigenvalue weighted by atomic mass is 32.1. The van der Waals surface area contributed by atoms with Gasteiger partial charge in [0, 0.05) is 42.4 Å². The van der Waals surface area contributed by atoms with Crippen LogP contribution in [0.4, 0.5) is 0 Å². The number of likely N-dealkylation sites (tertiary alicyclic amines) is 1. The van der Waals surface area contributed by atoms with Gasteiger partial charge in [0.25, 0.3) is 0 Å². The summed E-state index contributed by atoms with van der Waals surface area (Å²) in [7, 11) is 0. The van der Waals surface area contributed by atoms with Gasteiger partial charge in [-0.05, 0) is 55.8 Å². The first kappa shape index (κ1) is 16.6. The molecule has 1 atom stereocenters. The van der Waals surface area contributed by atoms with E-state index >= 15 is 0 Å². The van der Waals surface area contributed by atoms with Crippen LogP contribution >= 0.6 is 11.3 Å². The zero-order chi connectivity index (χ0) is 16.0. The lowest BCUT2D eigenvalue weighted by atomic mass is 9.83. The minimum Gasteiger partial charge on any atom is -0.381 e. The summed E-state index contributed by atoms with van der Waals surface area (Å²) in [4.78, 5) is 8.28. The number of nitrogens with zero attached hydrogens (tertiary/aromatic N) is 2. The van der Waals surface area contributed by atoms with E-state index in [2.05, 4.69) is 40.4 Å². The van der Waals surface area contributed by atoms with E-state index in [1.807, 2.05) is 29.8 Å². The van der Waals surface area contributed by atoms with E-state index in [0.717, 1.165) is 32.8 Å². The van der Waals surface area contributed by atoms with Crippen LogP contribution in [-0.2, 0) is 17.7 Å². The zero-order valence-electron chi connectivity index (χ0n) is 13.9.